The van der Waals surface area contributed by atoms with Crippen molar-refractivity contribution < 1.29 is 4.79 Å². The van der Waals surface area contributed by atoms with E-state index in [1.165, 1.54) is 37.9 Å². The van der Waals surface area contributed by atoms with Gasteiger partial charge in [0.15, 0.2) is 5.96 Å². The molecule has 1 heterocycles. The molecule has 3 rings (SSSR count). The van der Waals surface area contributed by atoms with Gasteiger partial charge >= 0.3 is 0 Å². The Labute approximate surface area is 174 Å². The number of aliphatic imine (C=N–C) groups is 1. The first kappa shape index (κ1) is 21.0. The summed E-state index contributed by atoms with van der Waals surface area (Å²) in [5, 5.41) is 3.49. The number of thioether (sulfide) groups is 1. The van der Waals surface area contributed by atoms with Crippen LogP contribution in [0.2, 0.25) is 0 Å². The van der Waals surface area contributed by atoms with E-state index in [4.69, 9.17) is 4.99 Å². The van der Waals surface area contributed by atoms with Gasteiger partial charge in [-0.3, -0.25) is 4.79 Å². The van der Waals surface area contributed by atoms with Gasteiger partial charge in [-0.1, -0.05) is 31.4 Å². The van der Waals surface area contributed by atoms with E-state index in [0.717, 1.165) is 36.7 Å². The number of rotatable bonds is 4. The van der Waals surface area contributed by atoms with Gasteiger partial charge in [-0.05, 0) is 37.5 Å². The number of nitrogens with zero attached hydrogens (tertiary/aromatic N) is 3. The third-order valence-electron chi connectivity index (χ3n) is 5.67. The first-order valence-corrected chi connectivity index (χ1v) is 11.5. The van der Waals surface area contributed by atoms with Crippen molar-refractivity contribution in [2.24, 2.45) is 4.99 Å². The minimum atomic E-state index is 0.0342. The number of hydrogen-bond donors (Lipinski definition) is 1. The zero-order valence-corrected chi connectivity index (χ0v) is 18.4. The van der Waals surface area contributed by atoms with Crippen LogP contribution in [-0.2, 0) is 6.54 Å². The lowest BCUT2D eigenvalue weighted by atomic mass is 9.87. The minimum Gasteiger partial charge on any atom is -0.357 e. The fraction of sp³-hybridized carbons (Fsp3) is 0.636. The highest BCUT2D eigenvalue weighted by Gasteiger charge is 2.38. The topological polar surface area (TPSA) is 47.9 Å². The lowest BCUT2D eigenvalue weighted by Gasteiger charge is -2.45. The number of benzene rings is 1. The van der Waals surface area contributed by atoms with Crippen molar-refractivity contribution in [3.8, 4) is 0 Å². The molecule has 2 fully saturated rings. The van der Waals surface area contributed by atoms with Crippen molar-refractivity contribution >= 4 is 23.6 Å². The minimum absolute atomic E-state index is 0.0342. The molecule has 1 aromatic rings. The lowest BCUT2D eigenvalue weighted by Crippen LogP contribution is -2.53. The summed E-state index contributed by atoms with van der Waals surface area (Å²) in [6.07, 6.45) is 6.81. The smallest absolute Gasteiger partial charge is 0.253 e. The zero-order valence-electron chi connectivity index (χ0n) is 17.5. The van der Waals surface area contributed by atoms with E-state index >= 15 is 0 Å². The third kappa shape index (κ3) is 5.22. The largest absolute Gasteiger partial charge is 0.357 e. The zero-order chi connectivity index (χ0) is 20.0. The van der Waals surface area contributed by atoms with Crippen molar-refractivity contribution in [2.45, 2.75) is 50.3 Å². The standard InChI is InChI=1S/C22H34N4OS/c1-4-23-21(26-14-15-28-22(17-26)12-6-5-7-13-22)24-16-18-8-10-19(11-9-18)20(27)25(2)3/h8-11H,4-7,12-17H2,1-3H3,(H,23,24). The Balaban J connectivity index is 1.67. The quantitative estimate of drug-likeness (QED) is 0.617. The Bertz CT molecular complexity index is 675. The highest BCUT2D eigenvalue weighted by atomic mass is 32.2. The molecule has 0 aromatic heterocycles. The SMILES string of the molecule is CCNC(=NCc1ccc(C(=O)N(C)C)cc1)N1CCSC2(CCCCC2)C1. The second-order valence-electron chi connectivity index (χ2n) is 8.08. The van der Waals surface area contributed by atoms with Crippen molar-refractivity contribution in [1.29, 1.82) is 0 Å². The Morgan fingerprint density at radius 2 is 1.93 bits per heavy atom. The molecule has 5 nitrogen and oxygen atoms in total. The molecule has 28 heavy (non-hydrogen) atoms. The Morgan fingerprint density at radius 3 is 2.57 bits per heavy atom. The van der Waals surface area contributed by atoms with Crippen molar-refractivity contribution in [3.63, 3.8) is 0 Å². The van der Waals surface area contributed by atoms with Crippen LogP contribution < -0.4 is 5.32 Å². The van der Waals surface area contributed by atoms with Crippen LogP contribution in [0.4, 0.5) is 0 Å². The van der Waals surface area contributed by atoms with Crippen LogP contribution in [0, 0.1) is 0 Å². The Kier molecular flexibility index (Phi) is 7.27. The molecule has 2 aliphatic rings. The van der Waals surface area contributed by atoms with Crippen LogP contribution >= 0.6 is 11.8 Å². The highest BCUT2D eigenvalue weighted by molar-refractivity contribution is 8.00. The van der Waals surface area contributed by atoms with E-state index in [0.29, 0.717) is 11.3 Å². The first-order chi connectivity index (χ1) is 13.5. The average Bonchev–Trinajstić information content (AvgIpc) is 2.71. The maximum absolute atomic E-state index is 12.0. The van der Waals surface area contributed by atoms with Crippen molar-refractivity contribution in [3.05, 3.63) is 35.4 Å². The molecule has 1 amide bonds. The summed E-state index contributed by atoms with van der Waals surface area (Å²) in [6, 6.07) is 7.82. The third-order valence-corrected chi connectivity index (χ3v) is 7.20. The summed E-state index contributed by atoms with van der Waals surface area (Å²) in [5.41, 5.74) is 1.85. The molecule has 1 aliphatic carbocycles. The van der Waals surface area contributed by atoms with Gasteiger partial charge < -0.3 is 15.1 Å². The van der Waals surface area contributed by atoms with Crippen LogP contribution in [0.15, 0.2) is 29.3 Å². The molecular weight excluding hydrogens is 368 g/mol. The molecule has 1 spiro atoms. The summed E-state index contributed by atoms with van der Waals surface area (Å²) in [6.45, 7) is 5.82. The van der Waals surface area contributed by atoms with Crippen molar-refractivity contribution in [2.75, 3.05) is 39.5 Å². The predicted molar refractivity (Wildman–Crippen MR) is 119 cm³/mol. The highest BCUT2D eigenvalue weighted by Crippen LogP contribution is 2.42. The molecule has 1 N–H and O–H groups in total. The number of amides is 1. The number of carbonyl (C=O) groups excluding carboxylic acids is 1. The molecule has 154 valence electrons. The van der Waals surface area contributed by atoms with Gasteiger partial charge in [0.05, 0.1) is 6.54 Å². The van der Waals surface area contributed by atoms with Crippen LogP contribution in [0.5, 0.6) is 0 Å². The van der Waals surface area contributed by atoms with E-state index < -0.39 is 0 Å². The van der Waals surface area contributed by atoms with Gasteiger partial charge in [-0.15, -0.1) is 0 Å². The second kappa shape index (κ2) is 9.68. The fourth-order valence-corrected chi connectivity index (χ4v) is 5.70. The second-order valence-corrected chi connectivity index (χ2v) is 9.64. The van der Waals surface area contributed by atoms with Gasteiger partial charge in [-0.2, -0.15) is 11.8 Å². The molecule has 1 saturated carbocycles. The number of nitrogens with one attached hydrogen (secondary N) is 1. The van der Waals surface area contributed by atoms with Crippen LogP contribution in [0.1, 0.15) is 54.9 Å². The Morgan fingerprint density at radius 1 is 1.21 bits per heavy atom. The maximum atomic E-state index is 12.0. The molecule has 1 aliphatic heterocycles. The molecule has 0 radical (unpaired) electrons. The van der Waals surface area contributed by atoms with Gasteiger partial charge in [0.25, 0.3) is 5.91 Å². The molecule has 0 unspecified atom stereocenters. The monoisotopic (exact) mass is 402 g/mol. The molecule has 0 bridgehead atoms. The summed E-state index contributed by atoms with van der Waals surface area (Å²) in [7, 11) is 3.55. The lowest BCUT2D eigenvalue weighted by molar-refractivity contribution is 0.0827. The average molecular weight is 403 g/mol. The van der Waals surface area contributed by atoms with E-state index in [-0.39, 0.29) is 5.91 Å². The summed E-state index contributed by atoms with van der Waals surface area (Å²) in [4.78, 5) is 21.0. The normalized spacial score (nSPS) is 19.5. The number of guanidine groups is 1. The molecule has 1 aromatic carbocycles. The van der Waals surface area contributed by atoms with Gasteiger partial charge in [0, 0.05) is 49.8 Å². The van der Waals surface area contributed by atoms with Crippen LogP contribution in [0.3, 0.4) is 0 Å². The molecule has 0 atom stereocenters. The van der Waals surface area contributed by atoms with Crippen molar-refractivity contribution in [1.82, 2.24) is 15.1 Å². The summed E-state index contributed by atoms with van der Waals surface area (Å²) < 4.78 is 0.431. The van der Waals surface area contributed by atoms with E-state index in [1.54, 1.807) is 19.0 Å². The Hall–Kier alpha value is -1.69. The van der Waals surface area contributed by atoms with E-state index in [1.807, 2.05) is 24.3 Å². The van der Waals surface area contributed by atoms with Gasteiger partial charge in [0.2, 0.25) is 0 Å². The summed E-state index contributed by atoms with van der Waals surface area (Å²) in [5.74, 6) is 2.25. The molecular formula is C22H34N4OS. The molecule has 1 saturated heterocycles. The van der Waals surface area contributed by atoms with Crippen LogP contribution in [-0.4, -0.2) is 65.9 Å². The van der Waals surface area contributed by atoms with Gasteiger partial charge in [-0.25, -0.2) is 4.99 Å². The molecule has 6 heteroatoms. The predicted octanol–water partition coefficient (Wildman–Crippen LogP) is 3.61. The number of carbonyl (C=O) groups is 1. The van der Waals surface area contributed by atoms with E-state index in [9.17, 15) is 4.79 Å². The van der Waals surface area contributed by atoms with Crippen LogP contribution in [0.25, 0.3) is 0 Å². The van der Waals surface area contributed by atoms with E-state index in [2.05, 4.69) is 28.9 Å². The maximum Gasteiger partial charge on any atom is 0.253 e. The summed E-state index contributed by atoms with van der Waals surface area (Å²) >= 11 is 2.19. The number of hydrogen-bond acceptors (Lipinski definition) is 3. The first-order valence-electron chi connectivity index (χ1n) is 10.5. The van der Waals surface area contributed by atoms with Gasteiger partial charge in [0.1, 0.15) is 0 Å². The fourth-order valence-electron chi connectivity index (χ4n) is 4.13.